The van der Waals surface area contributed by atoms with Crippen LogP contribution in [0.15, 0.2) is 42.5 Å². The normalized spacial score (nSPS) is 10.1. The Morgan fingerprint density at radius 2 is 1.95 bits per heavy atom. The van der Waals surface area contributed by atoms with Crippen molar-refractivity contribution in [2.24, 2.45) is 0 Å². The number of nitro benzene ring substituents is 1. The first-order valence-corrected chi connectivity index (χ1v) is 6.74. The van der Waals surface area contributed by atoms with Crippen LogP contribution in [-0.4, -0.2) is 18.0 Å². The second-order valence-corrected chi connectivity index (χ2v) is 4.86. The number of esters is 1. The van der Waals surface area contributed by atoms with Crippen molar-refractivity contribution in [3.63, 3.8) is 0 Å². The van der Waals surface area contributed by atoms with Gasteiger partial charge >= 0.3 is 5.97 Å². The van der Waals surface area contributed by atoms with Crippen LogP contribution in [-0.2, 0) is 11.3 Å². The highest BCUT2D eigenvalue weighted by Gasteiger charge is 2.21. The number of rotatable bonds is 5. The zero-order valence-electron chi connectivity index (χ0n) is 11.7. The average Bonchev–Trinajstić information content (AvgIpc) is 2.53. The third kappa shape index (κ3) is 3.53. The van der Waals surface area contributed by atoms with Crippen LogP contribution in [0.3, 0.4) is 0 Å². The molecule has 0 atom stereocenters. The van der Waals surface area contributed by atoms with Crippen molar-refractivity contribution in [1.29, 1.82) is 0 Å². The predicted octanol–water partition coefficient (Wildman–Crippen LogP) is 3.65. The van der Waals surface area contributed by atoms with Crippen LogP contribution < -0.4 is 5.32 Å². The van der Waals surface area contributed by atoms with Crippen LogP contribution in [0.25, 0.3) is 0 Å². The highest BCUT2D eigenvalue weighted by Crippen LogP contribution is 2.29. The van der Waals surface area contributed by atoms with Crippen LogP contribution >= 0.6 is 11.6 Å². The number of ether oxygens (including phenoxy) is 1. The minimum atomic E-state index is -0.637. The lowest BCUT2D eigenvalue weighted by atomic mass is 10.1. The standard InChI is InChI=1S/C15H13ClN2O4/c1-22-15(19)12-3-2-4-13(18(20)21)14(12)17-9-10-5-7-11(16)8-6-10/h2-8,17H,9H2,1H3. The molecule has 1 N–H and O–H groups in total. The van der Waals surface area contributed by atoms with E-state index < -0.39 is 10.9 Å². The van der Waals surface area contributed by atoms with Gasteiger partial charge in [-0.3, -0.25) is 10.1 Å². The van der Waals surface area contributed by atoms with Crippen LogP contribution in [0.1, 0.15) is 15.9 Å². The third-order valence-electron chi connectivity index (χ3n) is 3.03. The zero-order valence-corrected chi connectivity index (χ0v) is 12.5. The number of benzene rings is 2. The van der Waals surface area contributed by atoms with Gasteiger partial charge in [0.1, 0.15) is 5.69 Å². The molecule has 2 aromatic rings. The van der Waals surface area contributed by atoms with E-state index in [1.54, 1.807) is 24.3 Å². The van der Waals surface area contributed by atoms with E-state index in [2.05, 4.69) is 10.1 Å². The van der Waals surface area contributed by atoms with E-state index in [-0.39, 0.29) is 16.9 Å². The largest absolute Gasteiger partial charge is 0.465 e. The van der Waals surface area contributed by atoms with Crippen molar-refractivity contribution in [1.82, 2.24) is 0 Å². The number of halogens is 1. The molecule has 0 radical (unpaired) electrons. The molecule has 0 heterocycles. The molecule has 2 rings (SSSR count). The van der Waals surface area contributed by atoms with Gasteiger partial charge in [-0.1, -0.05) is 29.8 Å². The minimum absolute atomic E-state index is 0.116. The number of anilines is 1. The van der Waals surface area contributed by atoms with Crippen LogP contribution in [0.4, 0.5) is 11.4 Å². The lowest BCUT2D eigenvalue weighted by Gasteiger charge is -2.11. The van der Waals surface area contributed by atoms with E-state index in [0.29, 0.717) is 11.6 Å². The molecule has 0 aliphatic heterocycles. The molecule has 0 bridgehead atoms. The molecule has 0 spiro atoms. The maximum absolute atomic E-state index is 11.8. The summed E-state index contributed by atoms with van der Waals surface area (Å²) in [6.07, 6.45) is 0. The van der Waals surface area contributed by atoms with Gasteiger partial charge in [-0.15, -0.1) is 0 Å². The summed E-state index contributed by atoms with van der Waals surface area (Å²) in [6.45, 7) is 0.312. The fourth-order valence-corrected chi connectivity index (χ4v) is 2.08. The van der Waals surface area contributed by atoms with Crippen molar-refractivity contribution in [2.75, 3.05) is 12.4 Å². The number of carbonyl (C=O) groups is 1. The molecular formula is C15H13ClN2O4. The monoisotopic (exact) mass is 320 g/mol. The van der Waals surface area contributed by atoms with Crippen LogP contribution in [0.2, 0.25) is 5.02 Å². The van der Waals surface area contributed by atoms with Gasteiger partial charge in [-0.25, -0.2) is 4.79 Å². The first-order chi connectivity index (χ1) is 10.5. The Labute approximate surface area is 131 Å². The average molecular weight is 321 g/mol. The van der Waals surface area contributed by atoms with Gasteiger partial charge in [-0.2, -0.15) is 0 Å². The Morgan fingerprint density at radius 1 is 1.27 bits per heavy atom. The lowest BCUT2D eigenvalue weighted by Crippen LogP contribution is -2.10. The van der Waals surface area contributed by atoms with Gasteiger partial charge in [0.25, 0.3) is 5.69 Å². The van der Waals surface area contributed by atoms with Crippen molar-refractivity contribution >= 4 is 28.9 Å². The molecule has 7 heteroatoms. The number of nitrogens with one attached hydrogen (secondary N) is 1. The number of hydrogen-bond donors (Lipinski definition) is 1. The van der Waals surface area contributed by atoms with Gasteiger partial charge in [0.2, 0.25) is 0 Å². The number of para-hydroxylation sites is 1. The number of carbonyl (C=O) groups excluding carboxylic acids is 1. The number of methoxy groups -OCH3 is 1. The molecule has 0 saturated carbocycles. The topological polar surface area (TPSA) is 81.5 Å². The van der Waals surface area contributed by atoms with Crippen LogP contribution in [0, 0.1) is 10.1 Å². The first kappa shape index (κ1) is 15.8. The number of nitrogens with zero attached hydrogens (tertiary/aromatic N) is 1. The predicted molar refractivity (Wildman–Crippen MR) is 83.2 cm³/mol. The summed E-state index contributed by atoms with van der Waals surface area (Å²) >= 11 is 5.81. The Bertz CT molecular complexity index is 701. The molecule has 2 aromatic carbocycles. The molecule has 0 aliphatic rings. The molecule has 114 valence electrons. The highest BCUT2D eigenvalue weighted by molar-refractivity contribution is 6.30. The highest BCUT2D eigenvalue weighted by atomic mass is 35.5. The number of nitro groups is 1. The summed E-state index contributed by atoms with van der Waals surface area (Å²) in [6, 6.07) is 11.3. The molecule has 6 nitrogen and oxygen atoms in total. The zero-order chi connectivity index (χ0) is 16.1. The lowest BCUT2D eigenvalue weighted by molar-refractivity contribution is -0.384. The second kappa shape index (κ2) is 6.91. The molecule has 0 amide bonds. The second-order valence-electron chi connectivity index (χ2n) is 4.43. The molecule has 0 saturated heterocycles. The molecular weight excluding hydrogens is 308 g/mol. The van der Waals surface area contributed by atoms with Crippen molar-refractivity contribution < 1.29 is 14.5 Å². The smallest absolute Gasteiger partial charge is 0.340 e. The minimum Gasteiger partial charge on any atom is -0.465 e. The molecule has 0 aliphatic carbocycles. The quantitative estimate of drug-likeness (QED) is 0.516. The number of hydrogen-bond acceptors (Lipinski definition) is 5. The van der Waals surface area contributed by atoms with Crippen LogP contribution in [0.5, 0.6) is 0 Å². The first-order valence-electron chi connectivity index (χ1n) is 6.37. The van der Waals surface area contributed by atoms with E-state index in [1.165, 1.54) is 25.3 Å². The van der Waals surface area contributed by atoms with Gasteiger partial charge in [0.05, 0.1) is 17.6 Å². The fraction of sp³-hybridized carbons (Fsp3) is 0.133. The summed E-state index contributed by atoms with van der Waals surface area (Å²) in [7, 11) is 1.23. The van der Waals surface area contributed by atoms with E-state index in [9.17, 15) is 14.9 Å². The summed E-state index contributed by atoms with van der Waals surface area (Å²) in [5.74, 6) is -0.637. The Kier molecular flexibility index (Phi) is 4.95. The van der Waals surface area contributed by atoms with Gasteiger partial charge < -0.3 is 10.1 Å². The van der Waals surface area contributed by atoms with Crippen molar-refractivity contribution in [3.8, 4) is 0 Å². The van der Waals surface area contributed by atoms with E-state index >= 15 is 0 Å². The molecule has 22 heavy (non-hydrogen) atoms. The maximum Gasteiger partial charge on any atom is 0.340 e. The summed E-state index contributed by atoms with van der Waals surface area (Å²) in [4.78, 5) is 22.4. The Balaban J connectivity index is 2.32. The third-order valence-corrected chi connectivity index (χ3v) is 3.28. The van der Waals surface area contributed by atoms with E-state index in [1.807, 2.05) is 0 Å². The van der Waals surface area contributed by atoms with E-state index in [0.717, 1.165) is 5.56 Å². The van der Waals surface area contributed by atoms with Crippen molar-refractivity contribution in [2.45, 2.75) is 6.54 Å². The summed E-state index contributed by atoms with van der Waals surface area (Å²) in [5, 5.41) is 14.7. The van der Waals surface area contributed by atoms with Crippen molar-refractivity contribution in [3.05, 3.63) is 68.7 Å². The summed E-state index contributed by atoms with van der Waals surface area (Å²) < 4.78 is 4.66. The Hall–Kier alpha value is -2.60. The van der Waals surface area contributed by atoms with Gasteiger partial charge in [0, 0.05) is 17.6 Å². The maximum atomic E-state index is 11.8. The fourth-order valence-electron chi connectivity index (χ4n) is 1.95. The Morgan fingerprint density at radius 3 is 2.55 bits per heavy atom. The molecule has 0 unspecified atom stereocenters. The molecule has 0 fully saturated rings. The summed E-state index contributed by atoms with van der Waals surface area (Å²) in [5.41, 5.74) is 0.940. The molecule has 0 aromatic heterocycles. The van der Waals surface area contributed by atoms with E-state index in [4.69, 9.17) is 11.6 Å². The van der Waals surface area contributed by atoms with Gasteiger partial charge in [-0.05, 0) is 23.8 Å². The van der Waals surface area contributed by atoms with Gasteiger partial charge in [0.15, 0.2) is 0 Å². The SMILES string of the molecule is COC(=O)c1cccc([N+](=O)[O-])c1NCc1ccc(Cl)cc1.